The Morgan fingerprint density at radius 1 is 0.895 bits per heavy atom. The number of benzene rings is 4. The molecule has 0 saturated heterocycles. The van der Waals surface area contributed by atoms with Crippen LogP contribution in [-0.2, 0) is 11.2 Å². The second-order valence-electron chi connectivity index (χ2n) is 8.39. The summed E-state index contributed by atoms with van der Waals surface area (Å²) in [4.78, 5) is 25.4. The summed E-state index contributed by atoms with van der Waals surface area (Å²) in [5.74, 6) is 0.0536. The molecule has 3 N–H and O–H groups in total. The largest absolute Gasteiger partial charge is 0.492 e. The van der Waals surface area contributed by atoms with Gasteiger partial charge in [-0.3, -0.25) is 25.8 Å². The fourth-order valence-electron chi connectivity index (χ4n) is 3.65. The molecule has 0 fully saturated rings. The smallest absolute Gasteiger partial charge is 0.279 e. The Kier molecular flexibility index (Phi) is 9.29. The number of amides is 2. The van der Waals surface area contributed by atoms with E-state index in [1.165, 1.54) is 0 Å². The molecule has 1 unspecified atom stereocenters. The molecule has 0 aliphatic carbocycles. The maximum Gasteiger partial charge on any atom is 0.279 e. The monoisotopic (exact) mass is 591 g/mol. The molecule has 9 heteroatoms. The summed E-state index contributed by atoms with van der Waals surface area (Å²) < 4.78 is 12.4. The summed E-state index contributed by atoms with van der Waals surface area (Å²) in [5.41, 5.74) is 6.45. The van der Waals surface area contributed by atoms with Crippen LogP contribution in [0.2, 0.25) is 0 Å². The first kappa shape index (κ1) is 27.1. The van der Waals surface area contributed by atoms with Crippen LogP contribution in [0, 0.1) is 0 Å². The number of rotatable bonds is 8. The first-order valence-electron chi connectivity index (χ1n) is 11.9. The van der Waals surface area contributed by atoms with Gasteiger partial charge in [-0.15, -0.1) is 0 Å². The van der Waals surface area contributed by atoms with Gasteiger partial charge in [0.1, 0.15) is 11.5 Å². The van der Waals surface area contributed by atoms with Gasteiger partial charge < -0.3 is 9.47 Å². The lowest BCUT2D eigenvalue weighted by Crippen LogP contribution is -2.51. The third-order valence-corrected chi connectivity index (χ3v) is 6.30. The number of carbonyl (C=O) groups is 2. The molecule has 0 spiro atoms. The first-order chi connectivity index (χ1) is 18.4. The molecule has 0 saturated carbocycles. The maximum atomic E-state index is 12.9. The minimum absolute atomic E-state index is 0.0727. The van der Waals surface area contributed by atoms with Crippen LogP contribution in [0.15, 0.2) is 95.5 Å². The van der Waals surface area contributed by atoms with Crippen LogP contribution in [0.5, 0.6) is 11.5 Å². The van der Waals surface area contributed by atoms with Crippen LogP contribution in [-0.4, -0.2) is 29.6 Å². The van der Waals surface area contributed by atoms with Gasteiger partial charge in [0.2, 0.25) is 0 Å². The molecule has 0 aliphatic heterocycles. The Morgan fingerprint density at radius 3 is 2.42 bits per heavy atom. The van der Waals surface area contributed by atoms with Gasteiger partial charge in [-0.05, 0) is 65.8 Å². The van der Waals surface area contributed by atoms with Gasteiger partial charge in [-0.2, -0.15) is 0 Å². The van der Waals surface area contributed by atoms with Crippen molar-refractivity contribution < 1.29 is 19.1 Å². The number of hydrogen-bond acceptors (Lipinski definition) is 5. The van der Waals surface area contributed by atoms with Crippen molar-refractivity contribution in [2.75, 3.05) is 6.61 Å². The summed E-state index contributed by atoms with van der Waals surface area (Å²) in [7, 11) is 0. The van der Waals surface area contributed by atoms with Crippen LogP contribution < -0.4 is 25.6 Å². The van der Waals surface area contributed by atoms with Crippen LogP contribution >= 0.6 is 28.1 Å². The van der Waals surface area contributed by atoms with E-state index in [2.05, 4.69) is 32.1 Å². The molecule has 1 atom stereocenters. The second kappa shape index (κ2) is 13.0. The molecule has 4 aromatic carbocycles. The molecule has 4 aromatic rings. The highest BCUT2D eigenvalue weighted by atomic mass is 79.9. The predicted octanol–water partition coefficient (Wildman–Crippen LogP) is 5.33. The Labute approximate surface area is 234 Å². The zero-order valence-corrected chi connectivity index (χ0v) is 23.0. The summed E-state index contributed by atoms with van der Waals surface area (Å²) >= 11 is 8.58. The number of hydrazine groups is 1. The quantitative estimate of drug-likeness (QED) is 0.190. The van der Waals surface area contributed by atoms with Gasteiger partial charge in [-0.1, -0.05) is 76.6 Å². The average Bonchev–Trinajstić information content (AvgIpc) is 2.93. The van der Waals surface area contributed by atoms with E-state index in [9.17, 15) is 9.59 Å². The van der Waals surface area contributed by atoms with Gasteiger partial charge in [0.15, 0.2) is 11.2 Å². The number of halogens is 1. The Hall–Kier alpha value is -3.95. The number of nitrogens with one attached hydrogen (secondary N) is 3. The molecule has 4 rings (SSSR count). The highest BCUT2D eigenvalue weighted by Crippen LogP contribution is 2.24. The fraction of sp³-hybridized carbons (Fsp3) is 0.138. The van der Waals surface area contributed by atoms with Crippen molar-refractivity contribution >= 4 is 55.8 Å². The maximum absolute atomic E-state index is 12.9. The van der Waals surface area contributed by atoms with E-state index in [0.29, 0.717) is 34.6 Å². The average molecular weight is 593 g/mol. The predicted molar refractivity (Wildman–Crippen MR) is 155 cm³/mol. The number of carbonyl (C=O) groups excluding carboxylic acids is 2. The standard InChI is InChI=1S/C29H26BrN3O4S/c1-19(37-24-13-11-21-9-5-6-10-22(21)17-24)27(34)32-33-29(38)31-28(35)25-18-23(30)12-14-26(25)36-16-15-20-7-3-2-4-8-20/h2-14,17-19H,15-16H2,1H3,(H,32,34)(H2,31,33,35,38). The molecule has 7 nitrogen and oxygen atoms in total. The highest BCUT2D eigenvalue weighted by Gasteiger charge is 2.18. The zero-order chi connectivity index (χ0) is 26.9. The van der Waals surface area contributed by atoms with Crippen molar-refractivity contribution in [1.82, 2.24) is 16.2 Å². The van der Waals surface area contributed by atoms with E-state index < -0.39 is 17.9 Å². The van der Waals surface area contributed by atoms with Crippen LogP contribution in [0.1, 0.15) is 22.8 Å². The van der Waals surface area contributed by atoms with Crippen LogP contribution in [0.3, 0.4) is 0 Å². The van der Waals surface area contributed by atoms with E-state index in [-0.39, 0.29) is 5.11 Å². The summed E-state index contributed by atoms with van der Waals surface area (Å²) in [5, 5.41) is 4.58. The number of hydrogen-bond donors (Lipinski definition) is 3. The topological polar surface area (TPSA) is 88.7 Å². The molecule has 0 radical (unpaired) electrons. The second-order valence-corrected chi connectivity index (χ2v) is 9.72. The third kappa shape index (κ3) is 7.53. The third-order valence-electron chi connectivity index (χ3n) is 5.61. The number of fused-ring (bicyclic) bond motifs is 1. The lowest BCUT2D eigenvalue weighted by molar-refractivity contribution is -0.127. The summed E-state index contributed by atoms with van der Waals surface area (Å²) in [6.07, 6.45) is -0.111. The summed E-state index contributed by atoms with van der Waals surface area (Å²) in [6, 6.07) is 28.6. The molecule has 194 valence electrons. The molecule has 0 aromatic heterocycles. The molecule has 2 amide bonds. The van der Waals surface area contributed by atoms with Crippen molar-refractivity contribution in [3.05, 3.63) is 107 Å². The van der Waals surface area contributed by atoms with Gasteiger partial charge in [0, 0.05) is 10.9 Å². The van der Waals surface area contributed by atoms with E-state index >= 15 is 0 Å². The molecular weight excluding hydrogens is 566 g/mol. The van der Waals surface area contributed by atoms with Gasteiger partial charge in [0.05, 0.1) is 12.2 Å². The Balaban J connectivity index is 1.28. The van der Waals surface area contributed by atoms with Gasteiger partial charge >= 0.3 is 0 Å². The van der Waals surface area contributed by atoms with Gasteiger partial charge in [-0.25, -0.2) is 0 Å². The molecular formula is C29H26BrN3O4S. The van der Waals surface area contributed by atoms with Crippen LogP contribution in [0.4, 0.5) is 0 Å². The minimum Gasteiger partial charge on any atom is -0.492 e. The Morgan fingerprint density at radius 2 is 1.63 bits per heavy atom. The van der Waals surface area contributed by atoms with E-state index in [1.54, 1.807) is 25.1 Å². The van der Waals surface area contributed by atoms with Crippen molar-refractivity contribution in [3.8, 4) is 11.5 Å². The van der Waals surface area contributed by atoms with Crippen molar-refractivity contribution in [3.63, 3.8) is 0 Å². The molecule has 38 heavy (non-hydrogen) atoms. The highest BCUT2D eigenvalue weighted by molar-refractivity contribution is 9.10. The van der Waals surface area contributed by atoms with Crippen molar-refractivity contribution in [1.29, 1.82) is 0 Å². The number of thiocarbonyl (C=S) groups is 1. The number of ether oxygens (including phenoxy) is 2. The van der Waals surface area contributed by atoms with Crippen LogP contribution in [0.25, 0.3) is 10.8 Å². The Bertz CT molecular complexity index is 1450. The van der Waals surface area contributed by atoms with E-state index in [4.69, 9.17) is 21.7 Å². The molecule has 0 aliphatic rings. The van der Waals surface area contributed by atoms with Crippen molar-refractivity contribution in [2.45, 2.75) is 19.4 Å². The SMILES string of the molecule is CC(Oc1ccc2ccccc2c1)C(=O)NNC(=S)NC(=O)c1cc(Br)ccc1OCCc1ccccc1. The molecule has 0 bridgehead atoms. The van der Waals surface area contributed by atoms with Gasteiger partial charge in [0.25, 0.3) is 11.8 Å². The lowest BCUT2D eigenvalue weighted by atomic mass is 10.1. The van der Waals surface area contributed by atoms with E-state index in [0.717, 1.165) is 16.3 Å². The zero-order valence-electron chi connectivity index (χ0n) is 20.6. The minimum atomic E-state index is -0.808. The van der Waals surface area contributed by atoms with Crippen molar-refractivity contribution in [2.24, 2.45) is 0 Å². The fourth-order valence-corrected chi connectivity index (χ4v) is 4.15. The van der Waals surface area contributed by atoms with E-state index in [1.807, 2.05) is 72.8 Å². The lowest BCUT2D eigenvalue weighted by Gasteiger charge is -2.17. The normalized spacial score (nSPS) is 11.3. The first-order valence-corrected chi connectivity index (χ1v) is 13.1. The summed E-state index contributed by atoms with van der Waals surface area (Å²) in [6.45, 7) is 2.02. The molecule has 0 heterocycles.